The van der Waals surface area contributed by atoms with E-state index in [1.807, 2.05) is 0 Å². The Labute approximate surface area is 329 Å². The number of rotatable bonds is 4. The minimum atomic E-state index is -6.24. The second kappa shape index (κ2) is 12.7. The van der Waals surface area contributed by atoms with Gasteiger partial charge < -0.3 is 9.97 Å². The van der Waals surface area contributed by atoms with Crippen molar-refractivity contribution in [2.45, 2.75) is 19.6 Å². The molecule has 0 fully saturated rings. The van der Waals surface area contributed by atoms with Crippen LogP contribution in [0.15, 0.2) is 92.4 Å². The Kier molecular flexibility index (Phi) is 8.53. The normalized spacial score (nSPS) is 13.0. The fraction of sp³-hybridized carbons (Fsp3) is 0. The summed E-state index contributed by atoms with van der Waals surface area (Å²) < 4.78 is 146. The predicted octanol–water partition coefficient (Wildman–Crippen LogP) is 3.85. The molecule has 20 nitrogen and oxygen atoms in total. The van der Waals surface area contributed by atoms with Crippen LogP contribution < -0.4 is 0 Å². The summed E-state index contributed by atoms with van der Waals surface area (Å²) >= 11 is 0. The molecule has 25 heteroatoms. The molecule has 0 atom stereocenters. The molecule has 0 amide bonds. The van der Waals surface area contributed by atoms with Gasteiger partial charge in [0.2, 0.25) is 0 Å². The van der Waals surface area contributed by atoms with Crippen LogP contribution in [-0.4, -0.2) is 91.8 Å². The summed E-state index contributed by atoms with van der Waals surface area (Å²) in [5.74, 6) is -0.428. The molecule has 0 spiro atoms. The SMILES string of the molecule is O=S(=O)(O)c1c(S(=O)(=O)O)c(S(=O)(=O)O)c2c3nc4nc(nc5[nH]c(nc6nc(nc([nH]3)c2c1S(=O)(=O)O)-c1ccccc1-6)c1ccccc51)-c1ccccc1-4.[Cu+]. The first kappa shape index (κ1) is 38.3. The summed E-state index contributed by atoms with van der Waals surface area (Å²) in [4.78, 5) is 24.5. The average molecular weight is 898 g/mol. The molecular formula is C32H18CuN8O12S4+. The summed E-state index contributed by atoms with van der Waals surface area (Å²) in [6.45, 7) is 0. The van der Waals surface area contributed by atoms with Crippen LogP contribution >= 0.6 is 0 Å². The van der Waals surface area contributed by atoms with E-state index in [2.05, 4.69) is 29.9 Å². The van der Waals surface area contributed by atoms with Crippen LogP contribution in [0.25, 0.3) is 89.7 Å². The minimum absolute atomic E-state index is 0. The van der Waals surface area contributed by atoms with Crippen molar-refractivity contribution in [3.8, 4) is 45.6 Å². The second-order valence-electron chi connectivity index (χ2n) is 12.2. The van der Waals surface area contributed by atoms with Gasteiger partial charge in [-0.2, -0.15) is 33.7 Å². The number of fused-ring (bicyclic) bond motifs is 20. The Morgan fingerprint density at radius 2 is 0.632 bits per heavy atom. The Morgan fingerprint density at radius 3 is 0.930 bits per heavy atom. The van der Waals surface area contributed by atoms with E-state index < -0.39 is 82.1 Å². The summed E-state index contributed by atoms with van der Waals surface area (Å²) in [6, 6.07) is 19.9. The van der Waals surface area contributed by atoms with Gasteiger partial charge in [0.1, 0.15) is 42.2 Å². The number of aromatic nitrogens is 8. The van der Waals surface area contributed by atoms with Crippen molar-refractivity contribution in [3.05, 3.63) is 72.8 Å². The van der Waals surface area contributed by atoms with Gasteiger partial charge in [0.05, 0.1) is 10.8 Å². The number of nitrogens with zero attached hydrogens (tertiary/aromatic N) is 6. The topological polar surface area (TPSA) is 326 Å². The van der Waals surface area contributed by atoms with Crippen molar-refractivity contribution in [1.82, 2.24) is 39.9 Å². The summed E-state index contributed by atoms with van der Waals surface area (Å²) in [5, 5.41) is -1.17. The van der Waals surface area contributed by atoms with Crippen LogP contribution in [-0.2, 0) is 57.5 Å². The monoisotopic (exact) mass is 897 g/mol. The molecule has 0 saturated heterocycles. The molecule has 3 aromatic heterocycles. The molecule has 6 N–H and O–H groups in total. The number of hydrogen-bond donors (Lipinski definition) is 6. The van der Waals surface area contributed by atoms with Crippen molar-refractivity contribution in [2.24, 2.45) is 0 Å². The van der Waals surface area contributed by atoms with Gasteiger partial charge in [-0.25, -0.2) is 29.9 Å². The molecule has 7 aromatic rings. The van der Waals surface area contributed by atoms with Crippen LogP contribution in [0.3, 0.4) is 0 Å². The van der Waals surface area contributed by atoms with E-state index in [-0.39, 0.29) is 51.5 Å². The molecule has 4 aromatic carbocycles. The number of benzene rings is 4. The Bertz CT molecular complexity index is 3380. The zero-order valence-electron chi connectivity index (χ0n) is 27.6. The van der Waals surface area contributed by atoms with Crippen LogP contribution in [0.5, 0.6) is 0 Å². The van der Waals surface area contributed by atoms with Crippen molar-refractivity contribution >= 4 is 84.6 Å². The molecule has 5 heterocycles. The summed E-state index contributed by atoms with van der Waals surface area (Å²) in [7, 11) is -24.6. The van der Waals surface area contributed by atoms with E-state index in [0.717, 1.165) is 0 Å². The molecular weight excluding hydrogens is 880 g/mol. The second-order valence-corrected chi connectivity index (χ2v) is 17.6. The minimum Gasteiger partial charge on any atom is -0.324 e. The molecule has 2 aliphatic heterocycles. The van der Waals surface area contributed by atoms with Gasteiger partial charge in [-0.1, -0.05) is 72.8 Å². The third-order valence-electron chi connectivity index (χ3n) is 8.85. The third kappa shape index (κ3) is 6.08. The van der Waals surface area contributed by atoms with E-state index in [9.17, 15) is 51.9 Å². The molecule has 57 heavy (non-hydrogen) atoms. The number of nitrogens with one attached hydrogen (secondary N) is 2. The Morgan fingerprint density at radius 1 is 0.368 bits per heavy atom. The van der Waals surface area contributed by atoms with Gasteiger partial charge >= 0.3 is 17.1 Å². The van der Waals surface area contributed by atoms with E-state index >= 15 is 0 Å². The van der Waals surface area contributed by atoms with Crippen LogP contribution in [0.2, 0.25) is 0 Å². The first-order valence-corrected chi connectivity index (χ1v) is 21.3. The first-order valence-electron chi connectivity index (χ1n) is 15.5. The number of H-pyrrole nitrogens is 2. The van der Waals surface area contributed by atoms with E-state index in [1.54, 1.807) is 60.7 Å². The maximum atomic E-state index is 13.2. The van der Waals surface area contributed by atoms with Crippen molar-refractivity contribution in [2.75, 3.05) is 0 Å². The Balaban J connectivity index is 0.00000455. The maximum Gasteiger partial charge on any atom is 1.00 e. The van der Waals surface area contributed by atoms with E-state index in [0.29, 0.717) is 33.2 Å². The van der Waals surface area contributed by atoms with Crippen LogP contribution in [0.4, 0.5) is 0 Å². The largest absolute Gasteiger partial charge is 1.00 e. The van der Waals surface area contributed by atoms with Gasteiger partial charge in [-0.15, -0.1) is 0 Å². The molecule has 0 radical (unpaired) electrons. The Hall–Kier alpha value is -5.60. The third-order valence-corrected chi connectivity index (χ3v) is 12.9. The van der Waals surface area contributed by atoms with Gasteiger partial charge in [-0.3, -0.25) is 18.2 Å². The number of hydrogen-bond acceptors (Lipinski definition) is 14. The summed E-state index contributed by atoms with van der Waals surface area (Å²) in [5.41, 5.74) is 0.187. The maximum absolute atomic E-state index is 13.2. The molecule has 0 unspecified atom stereocenters. The first-order chi connectivity index (χ1) is 26.3. The smallest absolute Gasteiger partial charge is 0.324 e. The number of aromatic amines is 2. The fourth-order valence-electron chi connectivity index (χ4n) is 6.75. The summed E-state index contributed by atoms with van der Waals surface area (Å²) in [6.07, 6.45) is 0. The molecule has 0 saturated carbocycles. The van der Waals surface area contributed by atoms with Crippen molar-refractivity contribution in [1.29, 1.82) is 0 Å². The quantitative estimate of drug-likeness (QED) is 0.108. The zero-order chi connectivity index (χ0) is 39.7. The molecule has 0 aliphatic carbocycles. The molecule has 8 bridgehead atoms. The van der Waals surface area contributed by atoms with Crippen molar-refractivity contribution in [3.63, 3.8) is 0 Å². The predicted molar refractivity (Wildman–Crippen MR) is 195 cm³/mol. The molecule has 9 rings (SSSR count). The standard InChI is InChI=1S/C32H18N8O12S4.Cu/c41-53(42,43)21-19-20(22(54(44,45)46)24(56(50,51)52)23(21)55(47,48)49)32-39-30-18-12-6-4-10-16(18)28(37-30)35-26-14-8-2-1-7-13(14)25(33-26)34-27-15-9-3-5-11-17(15)29(36-27)38-31(19)40-32;/h1-12H,(H,41,42,43)(H,44,45,46)(H,47,48,49)(H,50,51,52)(H2,33,34,35,36,37,38,39,40);/q;+1. The van der Waals surface area contributed by atoms with Gasteiger partial charge in [0, 0.05) is 33.0 Å². The van der Waals surface area contributed by atoms with Gasteiger partial charge in [0.15, 0.2) is 23.3 Å². The van der Waals surface area contributed by atoms with Gasteiger partial charge in [-0.05, 0) is 0 Å². The average Bonchev–Trinajstić information content (AvgIpc) is 3.84. The van der Waals surface area contributed by atoms with E-state index in [4.69, 9.17) is 9.97 Å². The fourth-order valence-corrected chi connectivity index (χ4v) is 11.7. The van der Waals surface area contributed by atoms with Crippen LogP contribution in [0.1, 0.15) is 0 Å². The van der Waals surface area contributed by atoms with Crippen LogP contribution in [0, 0.1) is 0 Å². The molecule has 2 aliphatic rings. The van der Waals surface area contributed by atoms with Crippen molar-refractivity contribution < 1.29 is 69.0 Å². The zero-order valence-corrected chi connectivity index (χ0v) is 31.8. The molecule has 292 valence electrons. The van der Waals surface area contributed by atoms with E-state index in [1.165, 1.54) is 12.1 Å². The van der Waals surface area contributed by atoms with Gasteiger partial charge in [0.25, 0.3) is 40.5 Å².